The molecule has 0 radical (unpaired) electrons. The number of aliphatic carboxylic acids is 1. The Morgan fingerprint density at radius 2 is 1.88 bits per heavy atom. The van der Waals surface area contributed by atoms with Crippen LogP contribution in [-0.4, -0.2) is 36.6 Å². The molecule has 0 aliphatic rings. The first-order valence-electron chi connectivity index (χ1n) is 6.14. The van der Waals surface area contributed by atoms with Gasteiger partial charge in [0.25, 0.3) is 0 Å². The van der Waals surface area contributed by atoms with Gasteiger partial charge in [-0.15, -0.1) is 0 Å². The van der Waals surface area contributed by atoms with Crippen LogP contribution in [0.4, 0.5) is 0 Å². The lowest BCUT2D eigenvalue weighted by atomic mass is 10.1. The molecule has 0 rings (SSSR count). The topological polar surface area (TPSA) is 78.4 Å². The number of carbonyl (C=O) groups excluding carboxylic acids is 1. The highest BCUT2D eigenvalue weighted by Crippen LogP contribution is 2.04. The van der Waals surface area contributed by atoms with Crippen LogP contribution in [0.15, 0.2) is 0 Å². The van der Waals surface area contributed by atoms with Gasteiger partial charge in [0, 0.05) is 6.42 Å². The van der Waals surface area contributed by atoms with Crippen molar-refractivity contribution >= 4 is 11.9 Å². The molecular weight excluding hydrogens is 220 g/mol. The van der Waals surface area contributed by atoms with Gasteiger partial charge >= 0.3 is 5.97 Å². The van der Waals surface area contributed by atoms with Gasteiger partial charge in [-0.05, 0) is 38.8 Å². The fourth-order valence-electron chi connectivity index (χ4n) is 1.53. The Morgan fingerprint density at radius 3 is 2.35 bits per heavy atom. The Morgan fingerprint density at radius 1 is 1.24 bits per heavy atom. The normalized spacial score (nSPS) is 12.5. The van der Waals surface area contributed by atoms with Gasteiger partial charge in [0.1, 0.15) is 6.04 Å². The van der Waals surface area contributed by atoms with Crippen LogP contribution in [-0.2, 0) is 9.59 Å². The van der Waals surface area contributed by atoms with E-state index in [9.17, 15) is 9.59 Å². The molecule has 0 fully saturated rings. The average molecular weight is 244 g/mol. The number of hydrogen-bond donors (Lipinski definition) is 3. The van der Waals surface area contributed by atoms with Gasteiger partial charge in [-0.2, -0.15) is 0 Å². The second-order valence-corrected chi connectivity index (χ2v) is 4.66. The number of hydrogen-bond acceptors (Lipinski definition) is 3. The Bertz CT molecular complexity index is 242. The number of carbonyl (C=O) groups is 2. The first kappa shape index (κ1) is 15.9. The molecule has 3 N–H and O–H groups in total. The van der Waals surface area contributed by atoms with Crippen LogP contribution in [0.25, 0.3) is 0 Å². The number of amides is 1. The number of unbranched alkanes of at least 4 members (excludes halogenated alkanes) is 1. The van der Waals surface area contributed by atoms with E-state index in [4.69, 9.17) is 5.11 Å². The molecule has 5 heteroatoms. The van der Waals surface area contributed by atoms with E-state index >= 15 is 0 Å². The molecule has 1 atom stereocenters. The van der Waals surface area contributed by atoms with Gasteiger partial charge in [0.05, 0.1) is 0 Å². The molecule has 0 unspecified atom stereocenters. The Kier molecular flexibility index (Phi) is 8.40. The number of nitrogens with one attached hydrogen (secondary N) is 2. The monoisotopic (exact) mass is 244 g/mol. The zero-order chi connectivity index (χ0) is 13.3. The highest BCUT2D eigenvalue weighted by molar-refractivity contribution is 5.83. The van der Waals surface area contributed by atoms with Crippen LogP contribution in [0.1, 0.15) is 39.5 Å². The van der Waals surface area contributed by atoms with Crippen molar-refractivity contribution in [2.24, 2.45) is 5.92 Å². The van der Waals surface area contributed by atoms with Gasteiger partial charge in [-0.1, -0.05) is 13.8 Å². The summed E-state index contributed by atoms with van der Waals surface area (Å²) in [6, 6.07) is -0.752. The van der Waals surface area contributed by atoms with Crippen LogP contribution in [0.5, 0.6) is 0 Å². The summed E-state index contributed by atoms with van der Waals surface area (Å²) in [4.78, 5) is 22.4. The van der Waals surface area contributed by atoms with E-state index < -0.39 is 12.0 Å². The molecule has 1 amide bonds. The van der Waals surface area contributed by atoms with Crippen molar-refractivity contribution in [1.82, 2.24) is 10.6 Å². The molecule has 0 aliphatic carbocycles. The molecule has 5 nitrogen and oxygen atoms in total. The van der Waals surface area contributed by atoms with Crippen molar-refractivity contribution in [1.29, 1.82) is 0 Å². The number of carboxylic acids is 1. The van der Waals surface area contributed by atoms with E-state index in [0.29, 0.717) is 12.8 Å². The molecule has 0 saturated heterocycles. The fraction of sp³-hybridized carbons (Fsp3) is 0.833. The molecule has 0 aliphatic heterocycles. The Labute approximate surface area is 103 Å². The summed E-state index contributed by atoms with van der Waals surface area (Å²) >= 11 is 0. The average Bonchev–Trinajstić information content (AvgIpc) is 2.21. The highest BCUT2D eigenvalue weighted by atomic mass is 16.4. The quantitative estimate of drug-likeness (QED) is 0.529. The molecule has 0 bridgehead atoms. The predicted molar refractivity (Wildman–Crippen MR) is 66.8 cm³/mol. The van der Waals surface area contributed by atoms with Crippen molar-refractivity contribution in [3.8, 4) is 0 Å². The summed E-state index contributed by atoms with van der Waals surface area (Å²) in [5.74, 6) is -0.888. The first-order valence-corrected chi connectivity index (χ1v) is 6.14. The third kappa shape index (κ3) is 8.68. The maximum atomic E-state index is 11.5. The molecule has 0 saturated carbocycles. The van der Waals surface area contributed by atoms with E-state index in [1.165, 1.54) is 0 Å². The van der Waals surface area contributed by atoms with Gasteiger partial charge in [0.15, 0.2) is 0 Å². The zero-order valence-corrected chi connectivity index (χ0v) is 11.0. The molecular formula is C12H24N2O3. The van der Waals surface area contributed by atoms with Crippen molar-refractivity contribution in [2.75, 3.05) is 13.6 Å². The summed E-state index contributed by atoms with van der Waals surface area (Å²) < 4.78 is 0. The molecule has 0 aromatic rings. The standard InChI is InChI=1S/C12H24N2O3/c1-9(2)8-11(15)14-10(12(16)17)6-4-5-7-13-3/h9-10,13H,4-8H2,1-3H3,(H,14,15)(H,16,17)/t10-/m0/s1. The third-order valence-corrected chi connectivity index (χ3v) is 2.40. The van der Waals surface area contributed by atoms with Crippen LogP contribution in [0, 0.1) is 5.92 Å². The number of carboxylic acid groups (broad SMARTS) is 1. The van der Waals surface area contributed by atoms with Crippen LogP contribution in [0.3, 0.4) is 0 Å². The third-order valence-electron chi connectivity index (χ3n) is 2.40. The van der Waals surface area contributed by atoms with E-state index in [1.807, 2.05) is 20.9 Å². The van der Waals surface area contributed by atoms with Crippen molar-refractivity contribution < 1.29 is 14.7 Å². The molecule has 0 heterocycles. The molecule has 0 aromatic carbocycles. The lowest BCUT2D eigenvalue weighted by molar-refractivity contribution is -0.142. The molecule has 0 aromatic heterocycles. The lowest BCUT2D eigenvalue weighted by Gasteiger charge is -2.15. The highest BCUT2D eigenvalue weighted by Gasteiger charge is 2.19. The van der Waals surface area contributed by atoms with Crippen molar-refractivity contribution in [2.45, 2.75) is 45.6 Å². The fourth-order valence-corrected chi connectivity index (χ4v) is 1.53. The van der Waals surface area contributed by atoms with Crippen molar-refractivity contribution in [3.05, 3.63) is 0 Å². The van der Waals surface area contributed by atoms with Gasteiger partial charge in [0.2, 0.25) is 5.91 Å². The molecule has 0 spiro atoms. The first-order chi connectivity index (χ1) is 7.97. The summed E-state index contributed by atoms with van der Waals surface area (Å²) in [6.07, 6.45) is 2.57. The zero-order valence-electron chi connectivity index (χ0n) is 11.0. The van der Waals surface area contributed by atoms with Crippen molar-refractivity contribution in [3.63, 3.8) is 0 Å². The van der Waals surface area contributed by atoms with Gasteiger partial charge < -0.3 is 15.7 Å². The SMILES string of the molecule is CNCCCC[C@H](NC(=O)CC(C)C)C(=O)O. The Balaban J connectivity index is 3.98. The van der Waals surface area contributed by atoms with E-state index in [1.54, 1.807) is 0 Å². The predicted octanol–water partition coefficient (Wildman–Crippen LogP) is 0.992. The second-order valence-electron chi connectivity index (χ2n) is 4.66. The maximum absolute atomic E-state index is 11.5. The summed E-state index contributed by atoms with van der Waals surface area (Å²) in [5, 5.41) is 14.6. The minimum atomic E-state index is -0.952. The van der Waals surface area contributed by atoms with Crippen LogP contribution < -0.4 is 10.6 Å². The largest absolute Gasteiger partial charge is 0.480 e. The lowest BCUT2D eigenvalue weighted by Crippen LogP contribution is -2.41. The van der Waals surface area contributed by atoms with Gasteiger partial charge in [-0.25, -0.2) is 4.79 Å². The van der Waals surface area contributed by atoms with E-state index in [2.05, 4.69) is 10.6 Å². The van der Waals surface area contributed by atoms with Crippen LogP contribution in [0.2, 0.25) is 0 Å². The number of rotatable bonds is 9. The summed E-state index contributed by atoms with van der Waals surface area (Å²) in [5.41, 5.74) is 0. The maximum Gasteiger partial charge on any atom is 0.326 e. The minimum Gasteiger partial charge on any atom is -0.480 e. The second kappa shape index (κ2) is 8.98. The Hall–Kier alpha value is -1.10. The van der Waals surface area contributed by atoms with Crippen LogP contribution >= 0.6 is 0 Å². The van der Waals surface area contributed by atoms with Gasteiger partial charge in [-0.3, -0.25) is 4.79 Å². The minimum absolute atomic E-state index is 0.180. The summed E-state index contributed by atoms with van der Waals surface area (Å²) in [7, 11) is 1.86. The molecule has 17 heavy (non-hydrogen) atoms. The van der Waals surface area contributed by atoms with E-state index in [0.717, 1.165) is 19.4 Å². The molecule has 100 valence electrons. The smallest absolute Gasteiger partial charge is 0.326 e. The van der Waals surface area contributed by atoms with E-state index in [-0.39, 0.29) is 11.8 Å². The summed E-state index contributed by atoms with van der Waals surface area (Å²) in [6.45, 7) is 4.73.